The van der Waals surface area contributed by atoms with E-state index < -0.39 is 11.7 Å². The topological polar surface area (TPSA) is 32.3 Å². The van der Waals surface area contributed by atoms with E-state index in [0.717, 1.165) is 19.5 Å². The molecule has 1 unspecified atom stereocenters. The second-order valence-corrected chi connectivity index (χ2v) is 6.05. The summed E-state index contributed by atoms with van der Waals surface area (Å²) in [6.07, 6.45) is 4.69. The van der Waals surface area contributed by atoms with Gasteiger partial charge in [0.1, 0.15) is 5.82 Å². The Bertz CT molecular complexity index is 495. The van der Waals surface area contributed by atoms with E-state index in [-0.39, 0.29) is 5.56 Å². The first-order valence-electron chi connectivity index (χ1n) is 7.55. The van der Waals surface area contributed by atoms with Crippen LogP contribution in [0.3, 0.4) is 0 Å². The molecule has 0 spiro atoms. The van der Waals surface area contributed by atoms with Crippen LogP contribution in [-0.2, 0) is 0 Å². The minimum atomic E-state index is -0.540. The Kier molecular flexibility index (Phi) is 6.00. The molecule has 116 valence electrons. The fraction of sp³-hybridized carbons (Fsp3) is 0.562. The number of carbonyl (C=O) groups excluding carboxylic acids is 1. The number of hydrogen-bond acceptors (Lipinski definition) is 2. The van der Waals surface area contributed by atoms with Crippen LogP contribution >= 0.6 is 11.6 Å². The van der Waals surface area contributed by atoms with Crippen molar-refractivity contribution in [2.45, 2.75) is 38.6 Å². The van der Waals surface area contributed by atoms with Gasteiger partial charge in [-0.1, -0.05) is 18.0 Å². The van der Waals surface area contributed by atoms with Crippen LogP contribution in [0.25, 0.3) is 0 Å². The van der Waals surface area contributed by atoms with Crippen molar-refractivity contribution in [3.8, 4) is 0 Å². The average Bonchev–Trinajstić information content (AvgIpc) is 2.47. The van der Waals surface area contributed by atoms with Crippen LogP contribution in [0.2, 0.25) is 5.02 Å². The van der Waals surface area contributed by atoms with Crippen LogP contribution < -0.4 is 5.32 Å². The number of rotatable bonds is 5. The van der Waals surface area contributed by atoms with Crippen molar-refractivity contribution in [2.75, 3.05) is 19.6 Å². The van der Waals surface area contributed by atoms with Crippen molar-refractivity contribution in [2.24, 2.45) is 0 Å². The van der Waals surface area contributed by atoms with Gasteiger partial charge in [-0.05, 0) is 50.9 Å². The second-order valence-electron chi connectivity index (χ2n) is 5.61. The number of likely N-dealkylation sites (tertiary alicyclic amines) is 1. The Balaban J connectivity index is 1.75. The first kappa shape index (κ1) is 16.2. The van der Waals surface area contributed by atoms with Gasteiger partial charge >= 0.3 is 0 Å². The maximum Gasteiger partial charge on any atom is 0.254 e. The Labute approximate surface area is 130 Å². The Morgan fingerprint density at radius 3 is 3.05 bits per heavy atom. The highest BCUT2D eigenvalue weighted by molar-refractivity contribution is 6.30. The summed E-state index contributed by atoms with van der Waals surface area (Å²) in [5.74, 6) is -0.941. The molecule has 0 saturated carbocycles. The molecule has 1 N–H and O–H groups in total. The fourth-order valence-electron chi connectivity index (χ4n) is 2.74. The van der Waals surface area contributed by atoms with E-state index >= 15 is 0 Å². The predicted octanol–water partition coefficient (Wildman–Crippen LogP) is 3.47. The predicted molar refractivity (Wildman–Crippen MR) is 83.2 cm³/mol. The van der Waals surface area contributed by atoms with Gasteiger partial charge in [0.2, 0.25) is 0 Å². The molecule has 0 aromatic heterocycles. The molecule has 1 heterocycles. The Hall–Kier alpha value is -1.13. The number of benzene rings is 1. The minimum absolute atomic E-state index is 0.00819. The molecule has 21 heavy (non-hydrogen) atoms. The average molecular weight is 313 g/mol. The SMILES string of the molecule is CC1CCCCN1CCCNC(=O)c1cc(Cl)ccc1F. The molecule has 2 rings (SSSR count). The normalized spacial score (nSPS) is 19.5. The number of halogens is 2. The van der Waals surface area contributed by atoms with Gasteiger partial charge in [0.05, 0.1) is 5.56 Å². The maximum atomic E-state index is 13.5. The lowest BCUT2D eigenvalue weighted by Crippen LogP contribution is -2.39. The quantitative estimate of drug-likeness (QED) is 0.844. The van der Waals surface area contributed by atoms with Crippen LogP contribution in [-0.4, -0.2) is 36.5 Å². The molecule has 0 bridgehead atoms. The molecule has 1 amide bonds. The summed E-state index contributed by atoms with van der Waals surface area (Å²) in [5, 5.41) is 3.12. The van der Waals surface area contributed by atoms with Crippen molar-refractivity contribution in [3.05, 3.63) is 34.6 Å². The number of piperidine rings is 1. The summed E-state index contributed by atoms with van der Waals surface area (Å²) in [6.45, 7) is 4.91. The molecule has 5 heteroatoms. The molecule has 0 radical (unpaired) electrons. The van der Waals surface area contributed by atoms with Crippen LogP contribution in [0.1, 0.15) is 43.0 Å². The van der Waals surface area contributed by atoms with E-state index in [4.69, 9.17) is 11.6 Å². The van der Waals surface area contributed by atoms with E-state index in [0.29, 0.717) is 17.6 Å². The number of nitrogens with one attached hydrogen (secondary N) is 1. The summed E-state index contributed by atoms with van der Waals surface area (Å²) in [4.78, 5) is 14.4. The smallest absolute Gasteiger partial charge is 0.254 e. The molecule has 1 fully saturated rings. The van der Waals surface area contributed by atoms with Crippen molar-refractivity contribution >= 4 is 17.5 Å². The van der Waals surface area contributed by atoms with Crippen molar-refractivity contribution in [3.63, 3.8) is 0 Å². The van der Waals surface area contributed by atoms with Crippen LogP contribution in [0, 0.1) is 5.82 Å². The summed E-state index contributed by atoms with van der Waals surface area (Å²) in [6, 6.07) is 4.64. The lowest BCUT2D eigenvalue weighted by atomic mass is 10.0. The third-order valence-corrected chi connectivity index (χ3v) is 4.26. The monoisotopic (exact) mass is 312 g/mol. The van der Waals surface area contributed by atoms with Gasteiger partial charge in [-0.25, -0.2) is 4.39 Å². The fourth-order valence-corrected chi connectivity index (χ4v) is 2.91. The molecule has 3 nitrogen and oxygen atoms in total. The lowest BCUT2D eigenvalue weighted by Gasteiger charge is -2.33. The van der Waals surface area contributed by atoms with Crippen molar-refractivity contribution in [1.82, 2.24) is 10.2 Å². The van der Waals surface area contributed by atoms with Gasteiger partial charge < -0.3 is 10.2 Å². The first-order valence-corrected chi connectivity index (χ1v) is 7.93. The zero-order valence-corrected chi connectivity index (χ0v) is 13.1. The second kappa shape index (κ2) is 7.76. The third kappa shape index (κ3) is 4.68. The zero-order chi connectivity index (χ0) is 15.2. The molecule has 1 aromatic carbocycles. The highest BCUT2D eigenvalue weighted by Crippen LogP contribution is 2.16. The lowest BCUT2D eigenvalue weighted by molar-refractivity contribution is 0.0945. The van der Waals surface area contributed by atoms with Crippen molar-refractivity contribution < 1.29 is 9.18 Å². The van der Waals surface area contributed by atoms with Gasteiger partial charge in [-0.3, -0.25) is 4.79 Å². The Morgan fingerprint density at radius 2 is 2.29 bits per heavy atom. The standard InChI is InChI=1S/C16H22ClFN2O/c1-12-5-2-3-9-20(12)10-4-8-19-16(21)14-11-13(17)6-7-15(14)18/h6-7,11-12H,2-5,8-10H2,1H3,(H,19,21). The van der Waals surface area contributed by atoms with Gasteiger partial charge in [0, 0.05) is 24.2 Å². The summed E-state index contributed by atoms with van der Waals surface area (Å²) < 4.78 is 13.5. The molecule has 1 atom stereocenters. The van der Waals surface area contributed by atoms with Gasteiger partial charge in [0.25, 0.3) is 5.91 Å². The maximum absolute atomic E-state index is 13.5. The van der Waals surface area contributed by atoms with E-state index in [2.05, 4.69) is 17.1 Å². The van der Waals surface area contributed by atoms with Gasteiger partial charge in [0.15, 0.2) is 0 Å². The molecule has 1 saturated heterocycles. The van der Waals surface area contributed by atoms with Crippen LogP contribution in [0.4, 0.5) is 4.39 Å². The van der Waals surface area contributed by atoms with E-state index in [1.807, 2.05) is 0 Å². The molecular formula is C16H22ClFN2O. The minimum Gasteiger partial charge on any atom is -0.352 e. The number of amides is 1. The van der Waals surface area contributed by atoms with Crippen LogP contribution in [0.5, 0.6) is 0 Å². The molecule has 1 aromatic rings. The van der Waals surface area contributed by atoms with Gasteiger partial charge in [-0.2, -0.15) is 0 Å². The third-order valence-electron chi connectivity index (χ3n) is 4.02. The summed E-state index contributed by atoms with van der Waals surface area (Å²) in [7, 11) is 0. The number of nitrogens with zero attached hydrogens (tertiary/aromatic N) is 1. The summed E-state index contributed by atoms with van der Waals surface area (Å²) >= 11 is 5.79. The first-order chi connectivity index (χ1) is 10.1. The van der Waals surface area contributed by atoms with Crippen LogP contribution in [0.15, 0.2) is 18.2 Å². The molecule has 1 aliphatic rings. The number of hydrogen-bond donors (Lipinski definition) is 1. The molecule has 1 aliphatic heterocycles. The highest BCUT2D eigenvalue weighted by atomic mass is 35.5. The molecular weight excluding hydrogens is 291 g/mol. The van der Waals surface area contributed by atoms with E-state index in [1.54, 1.807) is 0 Å². The Morgan fingerprint density at radius 1 is 1.48 bits per heavy atom. The molecule has 0 aliphatic carbocycles. The van der Waals surface area contributed by atoms with E-state index in [1.165, 1.54) is 37.5 Å². The zero-order valence-electron chi connectivity index (χ0n) is 12.4. The largest absolute Gasteiger partial charge is 0.352 e. The summed E-state index contributed by atoms with van der Waals surface area (Å²) in [5.41, 5.74) is 0.00819. The van der Waals surface area contributed by atoms with Crippen molar-refractivity contribution in [1.29, 1.82) is 0 Å². The number of carbonyl (C=O) groups is 1. The highest BCUT2D eigenvalue weighted by Gasteiger charge is 2.17. The van der Waals surface area contributed by atoms with Gasteiger partial charge in [-0.15, -0.1) is 0 Å². The van der Waals surface area contributed by atoms with E-state index in [9.17, 15) is 9.18 Å².